The second-order valence-corrected chi connectivity index (χ2v) is 6.62. The van der Waals surface area contributed by atoms with Gasteiger partial charge >= 0.3 is 0 Å². The molecule has 0 amide bonds. The quantitative estimate of drug-likeness (QED) is 0.682. The second kappa shape index (κ2) is 6.08. The molecule has 116 valence electrons. The maximum atomic E-state index is 4.47. The molecule has 1 N–H and O–H groups in total. The van der Waals surface area contributed by atoms with E-state index in [-0.39, 0.29) is 0 Å². The lowest BCUT2D eigenvalue weighted by Crippen LogP contribution is -2.41. The zero-order valence-electron chi connectivity index (χ0n) is 13.3. The third kappa shape index (κ3) is 3.22. The van der Waals surface area contributed by atoms with E-state index in [9.17, 15) is 0 Å². The van der Waals surface area contributed by atoms with Crippen LogP contribution >= 0.6 is 0 Å². The predicted octanol–water partition coefficient (Wildman–Crippen LogP) is 1.80. The van der Waals surface area contributed by atoms with Crippen molar-refractivity contribution in [3.8, 4) is 0 Å². The van der Waals surface area contributed by atoms with Gasteiger partial charge in [0.05, 0.1) is 6.20 Å². The first-order valence-corrected chi connectivity index (χ1v) is 8.14. The van der Waals surface area contributed by atoms with Crippen molar-refractivity contribution in [3.63, 3.8) is 0 Å². The average molecular weight is 289 g/mol. The average Bonchev–Trinajstić information content (AvgIpc) is 3.19. The third-order valence-electron chi connectivity index (χ3n) is 5.07. The maximum absolute atomic E-state index is 4.47. The minimum Gasteiger partial charge on any atom is -0.356 e. The molecule has 1 aromatic rings. The zero-order valence-corrected chi connectivity index (χ0v) is 13.3. The molecule has 1 saturated heterocycles. The highest BCUT2D eigenvalue weighted by atomic mass is 15.3. The third-order valence-corrected chi connectivity index (χ3v) is 5.07. The van der Waals surface area contributed by atoms with Gasteiger partial charge in [-0.3, -0.25) is 9.67 Å². The van der Waals surface area contributed by atoms with Crippen LogP contribution in [0, 0.1) is 5.41 Å². The summed E-state index contributed by atoms with van der Waals surface area (Å²) >= 11 is 0. The molecule has 1 spiro atoms. The summed E-state index contributed by atoms with van der Waals surface area (Å²) in [5.74, 6) is 1.07. The Balaban J connectivity index is 1.49. The van der Waals surface area contributed by atoms with Crippen molar-refractivity contribution in [3.05, 3.63) is 18.0 Å². The van der Waals surface area contributed by atoms with Crippen molar-refractivity contribution < 1.29 is 0 Å². The van der Waals surface area contributed by atoms with E-state index >= 15 is 0 Å². The fourth-order valence-corrected chi connectivity index (χ4v) is 3.90. The fourth-order valence-electron chi connectivity index (χ4n) is 3.90. The zero-order chi connectivity index (χ0) is 14.7. The van der Waals surface area contributed by atoms with Crippen LogP contribution in [0.5, 0.6) is 0 Å². The Morgan fingerprint density at radius 2 is 2.19 bits per heavy atom. The second-order valence-electron chi connectivity index (χ2n) is 6.62. The molecule has 3 rings (SSSR count). The Morgan fingerprint density at radius 1 is 1.38 bits per heavy atom. The molecule has 5 nitrogen and oxygen atoms in total. The molecule has 0 unspecified atom stereocenters. The van der Waals surface area contributed by atoms with E-state index in [1.54, 1.807) is 0 Å². The lowest BCUT2D eigenvalue weighted by atomic mass is 9.86. The summed E-state index contributed by atoms with van der Waals surface area (Å²) in [6, 6.07) is 0. The molecule has 2 heterocycles. The van der Waals surface area contributed by atoms with E-state index in [4.69, 9.17) is 0 Å². The molecule has 1 saturated carbocycles. The van der Waals surface area contributed by atoms with Crippen LogP contribution in [0.2, 0.25) is 0 Å². The predicted molar refractivity (Wildman–Crippen MR) is 85.4 cm³/mol. The van der Waals surface area contributed by atoms with Crippen LogP contribution in [0.1, 0.15) is 37.7 Å². The number of guanidine groups is 1. The minimum atomic E-state index is 0.598. The molecule has 0 bridgehead atoms. The van der Waals surface area contributed by atoms with Gasteiger partial charge in [-0.05, 0) is 36.7 Å². The lowest BCUT2D eigenvalue weighted by Gasteiger charge is -2.25. The van der Waals surface area contributed by atoms with Crippen LogP contribution in [-0.4, -0.2) is 47.3 Å². The van der Waals surface area contributed by atoms with Gasteiger partial charge in [-0.1, -0.05) is 12.8 Å². The van der Waals surface area contributed by atoms with Crippen LogP contribution in [0.15, 0.2) is 17.4 Å². The number of rotatable bonds is 3. The summed E-state index contributed by atoms with van der Waals surface area (Å²) in [6.07, 6.45) is 12.0. The van der Waals surface area contributed by atoms with Gasteiger partial charge in [0, 0.05) is 39.9 Å². The smallest absolute Gasteiger partial charge is 0.193 e. The summed E-state index contributed by atoms with van der Waals surface area (Å²) < 4.78 is 1.86. The Bertz CT molecular complexity index is 499. The van der Waals surface area contributed by atoms with Crippen molar-refractivity contribution >= 4 is 5.96 Å². The largest absolute Gasteiger partial charge is 0.356 e. The molecular formula is C16H27N5. The SMILES string of the molecule is CN=C(NCCc1cnn(C)c1)N1CCC2(CCCC2)C1. The highest BCUT2D eigenvalue weighted by Crippen LogP contribution is 2.45. The van der Waals surface area contributed by atoms with E-state index in [0.717, 1.165) is 25.5 Å². The van der Waals surface area contributed by atoms with Crippen molar-refractivity contribution in [2.24, 2.45) is 17.5 Å². The number of aromatic nitrogens is 2. The standard InChI is InChI=1S/C16H27N5/c1-17-15(18-9-5-14-11-19-20(2)12-14)21-10-8-16(13-21)6-3-4-7-16/h11-12H,3-10,13H2,1-2H3,(H,17,18). The molecular weight excluding hydrogens is 262 g/mol. The summed E-state index contributed by atoms with van der Waals surface area (Å²) in [4.78, 5) is 6.92. The summed E-state index contributed by atoms with van der Waals surface area (Å²) in [7, 11) is 3.85. The number of nitrogens with one attached hydrogen (secondary N) is 1. The molecule has 1 aliphatic carbocycles. The lowest BCUT2D eigenvalue weighted by molar-refractivity contribution is 0.309. The first-order valence-electron chi connectivity index (χ1n) is 8.14. The Morgan fingerprint density at radius 3 is 2.86 bits per heavy atom. The van der Waals surface area contributed by atoms with Gasteiger partial charge in [-0.15, -0.1) is 0 Å². The fraction of sp³-hybridized carbons (Fsp3) is 0.750. The van der Waals surface area contributed by atoms with Crippen LogP contribution in [0.25, 0.3) is 0 Å². The summed E-state index contributed by atoms with van der Waals surface area (Å²) in [6.45, 7) is 3.27. The van der Waals surface area contributed by atoms with E-state index in [1.807, 2.05) is 25.0 Å². The number of hydrogen-bond donors (Lipinski definition) is 1. The van der Waals surface area contributed by atoms with Gasteiger partial charge in [-0.2, -0.15) is 5.10 Å². The minimum absolute atomic E-state index is 0.598. The topological polar surface area (TPSA) is 45.5 Å². The highest BCUT2D eigenvalue weighted by molar-refractivity contribution is 5.80. The van der Waals surface area contributed by atoms with Gasteiger partial charge in [0.15, 0.2) is 5.96 Å². The number of likely N-dealkylation sites (tertiary alicyclic amines) is 1. The molecule has 2 fully saturated rings. The van der Waals surface area contributed by atoms with Crippen LogP contribution < -0.4 is 5.32 Å². The van der Waals surface area contributed by atoms with Gasteiger partial charge < -0.3 is 10.2 Å². The van der Waals surface area contributed by atoms with Crippen molar-refractivity contribution in [2.45, 2.75) is 38.5 Å². The first kappa shape index (κ1) is 14.4. The molecule has 0 atom stereocenters. The number of nitrogens with zero attached hydrogens (tertiary/aromatic N) is 4. The molecule has 0 radical (unpaired) electrons. The molecule has 21 heavy (non-hydrogen) atoms. The van der Waals surface area contributed by atoms with Gasteiger partial charge in [-0.25, -0.2) is 0 Å². The molecule has 1 aromatic heterocycles. The van der Waals surface area contributed by atoms with Gasteiger partial charge in [0.2, 0.25) is 0 Å². The number of hydrogen-bond acceptors (Lipinski definition) is 2. The van der Waals surface area contributed by atoms with Crippen molar-refractivity contribution in [1.29, 1.82) is 0 Å². The van der Waals surface area contributed by atoms with Crippen LogP contribution in [0.3, 0.4) is 0 Å². The van der Waals surface area contributed by atoms with E-state index < -0.39 is 0 Å². The molecule has 5 heteroatoms. The Hall–Kier alpha value is -1.52. The molecule has 2 aliphatic rings. The summed E-state index contributed by atoms with van der Waals surface area (Å²) in [5.41, 5.74) is 1.87. The highest BCUT2D eigenvalue weighted by Gasteiger charge is 2.40. The van der Waals surface area contributed by atoms with E-state index in [2.05, 4.69) is 26.5 Å². The van der Waals surface area contributed by atoms with E-state index in [1.165, 1.54) is 44.2 Å². The molecule has 0 aromatic carbocycles. The van der Waals surface area contributed by atoms with Gasteiger partial charge in [0.1, 0.15) is 0 Å². The summed E-state index contributed by atoms with van der Waals surface area (Å²) in [5, 5.41) is 7.72. The van der Waals surface area contributed by atoms with E-state index in [0.29, 0.717) is 5.41 Å². The van der Waals surface area contributed by atoms with Crippen molar-refractivity contribution in [1.82, 2.24) is 20.0 Å². The van der Waals surface area contributed by atoms with Gasteiger partial charge in [0.25, 0.3) is 0 Å². The number of aryl methyl sites for hydroxylation is 1. The van der Waals surface area contributed by atoms with Crippen molar-refractivity contribution in [2.75, 3.05) is 26.7 Å². The normalized spacial score (nSPS) is 21.4. The van der Waals surface area contributed by atoms with Crippen LogP contribution in [-0.2, 0) is 13.5 Å². The number of aliphatic imine (C=N–C) groups is 1. The Kier molecular flexibility index (Phi) is 4.17. The van der Waals surface area contributed by atoms with Crippen LogP contribution in [0.4, 0.5) is 0 Å². The molecule has 1 aliphatic heterocycles. The maximum Gasteiger partial charge on any atom is 0.193 e. The monoisotopic (exact) mass is 289 g/mol. The Labute approximate surface area is 127 Å². The first-order chi connectivity index (χ1) is 10.2.